The number of hydrogen-bond donors (Lipinski definition) is 2. The lowest BCUT2D eigenvalue weighted by Gasteiger charge is -2.03. The lowest BCUT2D eigenvalue weighted by Crippen LogP contribution is -1.98. The average molecular weight is 243 g/mol. The summed E-state index contributed by atoms with van der Waals surface area (Å²) in [4.78, 5) is 3.30. The van der Waals surface area contributed by atoms with E-state index in [4.69, 9.17) is 4.55 Å². The first-order valence-corrected chi connectivity index (χ1v) is 5.48. The summed E-state index contributed by atoms with van der Waals surface area (Å²) in [5, 5.41) is 10.2. The zero-order chi connectivity index (χ0) is 11.1. The molecule has 2 aromatic rings. The number of aromatic hydroxyl groups is 1. The second-order valence-corrected chi connectivity index (χ2v) is 4.35. The highest BCUT2D eigenvalue weighted by atomic mass is 32.2. The standard InChI is InChI=1S/C9H7NO4S.H2O/c11-9-7(15(12,13)14)4-3-6-2-1-5-10-8(6)9;/h1-5,11H,(H,12,13,14);1H2. The van der Waals surface area contributed by atoms with Crippen molar-refractivity contribution >= 4 is 21.0 Å². The monoisotopic (exact) mass is 243 g/mol. The van der Waals surface area contributed by atoms with Gasteiger partial charge in [0.2, 0.25) is 0 Å². The Morgan fingerprint density at radius 1 is 1.19 bits per heavy atom. The van der Waals surface area contributed by atoms with Crippen LogP contribution in [0.3, 0.4) is 0 Å². The van der Waals surface area contributed by atoms with Crippen LogP contribution in [0.15, 0.2) is 35.4 Å². The predicted octanol–water partition coefficient (Wildman–Crippen LogP) is 0.362. The molecule has 0 saturated heterocycles. The Bertz CT molecular complexity index is 623. The molecule has 0 atom stereocenters. The van der Waals surface area contributed by atoms with Crippen LogP contribution in [0, 0.1) is 0 Å². The minimum absolute atomic E-state index is 0. The van der Waals surface area contributed by atoms with Crippen molar-refractivity contribution in [3.05, 3.63) is 30.5 Å². The van der Waals surface area contributed by atoms with E-state index in [9.17, 15) is 13.5 Å². The van der Waals surface area contributed by atoms with Gasteiger partial charge < -0.3 is 10.6 Å². The highest BCUT2D eigenvalue weighted by Gasteiger charge is 2.17. The Morgan fingerprint density at radius 3 is 2.50 bits per heavy atom. The molecule has 0 aliphatic carbocycles. The minimum Gasteiger partial charge on any atom is -0.504 e. The van der Waals surface area contributed by atoms with Crippen LogP contribution in [0.25, 0.3) is 10.9 Å². The van der Waals surface area contributed by atoms with E-state index in [-0.39, 0.29) is 11.0 Å². The molecule has 6 nitrogen and oxygen atoms in total. The second kappa shape index (κ2) is 4.05. The molecule has 0 fully saturated rings. The number of pyridine rings is 1. The molecule has 0 saturated carbocycles. The van der Waals surface area contributed by atoms with Crippen LogP contribution in [0.1, 0.15) is 0 Å². The van der Waals surface area contributed by atoms with E-state index in [0.717, 1.165) is 6.07 Å². The maximum absolute atomic E-state index is 10.9. The third-order valence-electron chi connectivity index (χ3n) is 1.99. The van der Waals surface area contributed by atoms with Crippen LogP contribution in [0.4, 0.5) is 0 Å². The average Bonchev–Trinajstić information content (AvgIpc) is 2.16. The fraction of sp³-hybridized carbons (Fsp3) is 0. The summed E-state index contributed by atoms with van der Waals surface area (Å²) >= 11 is 0. The van der Waals surface area contributed by atoms with E-state index in [1.54, 1.807) is 12.1 Å². The Balaban J connectivity index is 0.00000128. The van der Waals surface area contributed by atoms with Gasteiger partial charge in [-0.05, 0) is 12.1 Å². The number of rotatable bonds is 1. The summed E-state index contributed by atoms with van der Waals surface area (Å²) in [6, 6.07) is 5.94. The molecule has 7 heteroatoms. The number of fused-ring (bicyclic) bond motifs is 1. The highest BCUT2D eigenvalue weighted by Crippen LogP contribution is 2.29. The van der Waals surface area contributed by atoms with Gasteiger partial charge in [0.25, 0.3) is 10.1 Å². The van der Waals surface area contributed by atoms with Gasteiger partial charge in [-0.15, -0.1) is 0 Å². The van der Waals surface area contributed by atoms with Crippen molar-refractivity contribution in [3.8, 4) is 5.75 Å². The Kier molecular flexibility index (Phi) is 3.13. The fourth-order valence-corrected chi connectivity index (χ4v) is 1.90. The molecule has 0 radical (unpaired) electrons. The fourth-order valence-electron chi connectivity index (χ4n) is 1.32. The summed E-state index contributed by atoms with van der Waals surface area (Å²) < 4.78 is 30.5. The van der Waals surface area contributed by atoms with Gasteiger partial charge in [0.1, 0.15) is 10.4 Å². The van der Waals surface area contributed by atoms with Gasteiger partial charge in [0.05, 0.1) is 0 Å². The van der Waals surface area contributed by atoms with Crippen LogP contribution in [0.2, 0.25) is 0 Å². The third-order valence-corrected chi connectivity index (χ3v) is 2.87. The molecule has 1 aromatic carbocycles. The first kappa shape index (κ1) is 12.4. The van der Waals surface area contributed by atoms with Gasteiger partial charge in [-0.1, -0.05) is 12.1 Å². The maximum Gasteiger partial charge on any atom is 0.298 e. The van der Waals surface area contributed by atoms with Crippen LogP contribution in [0.5, 0.6) is 5.75 Å². The first-order valence-electron chi connectivity index (χ1n) is 4.04. The molecule has 2 rings (SSSR count). The lowest BCUT2D eigenvalue weighted by molar-refractivity contribution is 0.447. The zero-order valence-corrected chi connectivity index (χ0v) is 8.77. The van der Waals surface area contributed by atoms with Crippen molar-refractivity contribution in [3.63, 3.8) is 0 Å². The number of aromatic nitrogens is 1. The van der Waals surface area contributed by atoms with Gasteiger partial charge >= 0.3 is 0 Å². The molecule has 0 amide bonds. The van der Waals surface area contributed by atoms with Crippen molar-refractivity contribution in [1.82, 2.24) is 4.98 Å². The van der Waals surface area contributed by atoms with E-state index < -0.39 is 20.8 Å². The topological polar surface area (TPSA) is 119 Å². The number of nitrogens with zero attached hydrogens (tertiary/aromatic N) is 1. The normalized spacial score (nSPS) is 11.1. The van der Waals surface area contributed by atoms with E-state index >= 15 is 0 Å². The van der Waals surface area contributed by atoms with E-state index in [0.29, 0.717) is 5.39 Å². The molecule has 0 spiro atoms. The number of phenolic OH excluding ortho intramolecular Hbond substituents is 1. The lowest BCUT2D eigenvalue weighted by atomic mass is 10.2. The zero-order valence-electron chi connectivity index (χ0n) is 7.95. The van der Waals surface area contributed by atoms with E-state index in [1.807, 2.05) is 0 Å². The largest absolute Gasteiger partial charge is 0.504 e. The number of hydrogen-bond acceptors (Lipinski definition) is 4. The predicted molar refractivity (Wildman–Crippen MR) is 56.8 cm³/mol. The molecule has 86 valence electrons. The molecule has 0 aliphatic heterocycles. The first-order chi connectivity index (χ1) is 7.00. The smallest absolute Gasteiger partial charge is 0.298 e. The molecule has 1 aromatic heterocycles. The van der Waals surface area contributed by atoms with Gasteiger partial charge in [-0.25, -0.2) is 0 Å². The quantitative estimate of drug-likeness (QED) is 0.701. The number of phenols is 1. The second-order valence-electron chi connectivity index (χ2n) is 2.96. The van der Waals surface area contributed by atoms with Crippen molar-refractivity contribution in [2.75, 3.05) is 0 Å². The highest BCUT2D eigenvalue weighted by molar-refractivity contribution is 7.86. The molecule has 16 heavy (non-hydrogen) atoms. The van der Waals surface area contributed by atoms with Crippen molar-refractivity contribution in [2.45, 2.75) is 4.90 Å². The van der Waals surface area contributed by atoms with Gasteiger partial charge in [-0.3, -0.25) is 9.54 Å². The van der Waals surface area contributed by atoms with Gasteiger partial charge in [0, 0.05) is 11.6 Å². The van der Waals surface area contributed by atoms with E-state index in [1.165, 1.54) is 12.3 Å². The molecular weight excluding hydrogens is 234 g/mol. The van der Waals surface area contributed by atoms with Crippen LogP contribution >= 0.6 is 0 Å². The Morgan fingerprint density at radius 2 is 1.88 bits per heavy atom. The Labute approximate surface area is 91.2 Å². The number of benzene rings is 1. The maximum atomic E-state index is 10.9. The summed E-state index contributed by atoms with van der Waals surface area (Å²) in [5.41, 5.74) is 0.146. The van der Waals surface area contributed by atoms with Crippen LogP contribution in [-0.4, -0.2) is 28.5 Å². The molecule has 4 N–H and O–H groups in total. The van der Waals surface area contributed by atoms with Crippen molar-refractivity contribution in [1.29, 1.82) is 0 Å². The Hall–Kier alpha value is -1.70. The SMILES string of the molecule is O.O=S(=O)(O)c1ccc2cccnc2c1O. The third kappa shape index (κ3) is 1.96. The molecular formula is C9H9NO5S. The molecule has 1 heterocycles. The molecule has 0 unspecified atom stereocenters. The van der Waals surface area contributed by atoms with E-state index in [2.05, 4.69) is 4.98 Å². The summed E-state index contributed by atoms with van der Waals surface area (Å²) in [7, 11) is -4.41. The molecule has 0 aliphatic rings. The van der Waals surface area contributed by atoms with Crippen LogP contribution in [-0.2, 0) is 10.1 Å². The summed E-state index contributed by atoms with van der Waals surface area (Å²) in [5.74, 6) is -0.532. The van der Waals surface area contributed by atoms with Gasteiger partial charge in [-0.2, -0.15) is 8.42 Å². The van der Waals surface area contributed by atoms with Crippen molar-refractivity contribution in [2.24, 2.45) is 0 Å². The van der Waals surface area contributed by atoms with Crippen LogP contribution < -0.4 is 0 Å². The van der Waals surface area contributed by atoms with Gasteiger partial charge in [0.15, 0.2) is 5.75 Å². The van der Waals surface area contributed by atoms with Crippen molar-refractivity contribution < 1.29 is 23.6 Å². The summed E-state index contributed by atoms with van der Waals surface area (Å²) in [6.45, 7) is 0. The minimum atomic E-state index is -4.41. The molecule has 0 bridgehead atoms. The summed E-state index contributed by atoms with van der Waals surface area (Å²) in [6.07, 6.45) is 1.43.